The number of pyridine rings is 1. The predicted molar refractivity (Wildman–Crippen MR) is 71.4 cm³/mol. The molecule has 2 atom stereocenters. The normalized spacial score (nSPS) is 31.5. The molecule has 1 aromatic heterocycles. The van der Waals surface area contributed by atoms with Crippen molar-refractivity contribution in [3.8, 4) is 0 Å². The second-order valence-corrected chi connectivity index (χ2v) is 6.18. The van der Waals surface area contributed by atoms with Gasteiger partial charge in [0, 0.05) is 24.5 Å². The van der Waals surface area contributed by atoms with E-state index in [-0.39, 0.29) is 17.1 Å². The molecule has 1 heterocycles. The van der Waals surface area contributed by atoms with Crippen LogP contribution in [0.25, 0.3) is 0 Å². The summed E-state index contributed by atoms with van der Waals surface area (Å²) in [4.78, 5) is 28.9. The van der Waals surface area contributed by atoms with Crippen molar-refractivity contribution in [2.24, 2.45) is 16.7 Å². The molecule has 2 aliphatic carbocycles. The number of carbonyl (C=O) groups excluding carboxylic acids is 2. The first kappa shape index (κ1) is 12.3. The highest BCUT2D eigenvalue weighted by molar-refractivity contribution is 6.14. The van der Waals surface area contributed by atoms with Crippen molar-refractivity contribution >= 4 is 17.4 Å². The number of Topliss-reactive ketones (excluding diaryl/α,β-unsaturated/α-hetero) is 1. The lowest BCUT2D eigenvalue weighted by molar-refractivity contribution is -0.141. The smallest absolute Gasteiger partial charge is 0.238 e. The summed E-state index contributed by atoms with van der Waals surface area (Å²) in [6.45, 7) is 4.11. The molecule has 1 amide bonds. The fourth-order valence-corrected chi connectivity index (χ4v) is 3.88. The van der Waals surface area contributed by atoms with E-state index in [4.69, 9.17) is 0 Å². The molecule has 4 nitrogen and oxygen atoms in total. The van der Waals surface area contributed by atoms with Gasteiger partial charge < -0.3 is 5.32 Å². The van der Waals surface area contributed by atoms with E-state index in [1.54, 1.807) is 24.5 Å². The SMILES string of the molecule is CC1(C)C2CCC1(C(=O)Nc1ccncc1)C(=O)C2. The quantitative estimate of drug-likeness (QED) is 0.829. The van der Waals surface area contributed by atoms with E-state index >= 15 is 0 Å². The predicted octanol–water partition coefficient (Wildman–Crippen LogP) is 2.42. The molecule has 0 radical (unpaired) electrons. The molecule has 1 aromatic rings. The van der Waals surface area contributed by atoms with Gasteiger partial charge in [-0.15, -0.1) is 0 Å². The van der Waals surface area contributed by atoms with Crippen LogP contribution in [0.2, 0.25) is 0 Å². The highest BCUT2D eigenvalue weighted by Crippen LogP contribution is 2.64. The molecule has 0 aromatic carbocycles. The van der Waals surface area contributed by atoms with Crippen LogP contribution in [0.4, 0.5) is 5.69 Å². The molecule has 2 bridgehead atoms. The third kappa shape index (κ3) is 1.49. The van der Waals surface area contributed by atoms with Crippen LogP contribution in [-0.2, 0) is 9.59 Å². The molecule has 0 spiro atoms. The highest BCUT2D eigenvalue weighted by atomic mass is 16.2. The van der Waals surface area contributed by atoms with Gasteiger partial charge in [0.05, 0.1) is 0 Å². The van der Waals surface area contributed by atoms with Crippen molar-refractivity contribution in [1.82, 2.24) is 4.98 Å². The van der Waals surface area contributed by atoms with Gasteiger partial charge in [0.1, 0.15) is 11.2 Å². The summed E-state index contributed by atoms with van der Waals surface area (Å²) in [6, 6.07) is 3.49. The van der Waals surface area contributed by atoms with Crippen LogP contribution in [0.15, 0.2) is 24.5 Å². The minimum absolute atomic E-state index is 0.111. The van der Waals surface area contributed by atoms with Crippen LogP contribution in [0.3, 0.4) is 0 Å². The summed E-state index contributed by atoms with van der Waals surface area (Å²) in [6.07, 6.45) is 5.47. The highest BCUT2D eigenvalue weighted by Gasteiger charge is 2.68. The number of ketones is 1. The molecule has 2 fully saturated rings. The minimum Gasteiger partial charge on any atom is -0.325 e. The lowest BCUT2D eigenvalue weighted by Crippen LogP contribution is -2.46. The number of amides is 1. The van der Waals surface area contributed by atoms with Crippen molar-refractivity contribution in [2.75, 3.05) is 5.32 Å². The van der Waals surface area contributed by atoms with E-state index in [1.165, 1.54) is 0 Å². The second kappa shape index (κ2) is 3.89. The standard InChI is InChI=1S/C15H18N2O2/c1-14(2)10-3-6-15(14,12(18)9-10)13(19)17-11-4-7-16-8-5-11/h4-5,7-8,10H,3,6,9H2,1-2H3,(H,16,17,19). The van der Waals surface area contributed by atoms with Crippen LogP contribution in [0.1, 0.15) is 33.1 Å². The molecule has 2 saturated carbocycles. The Bertz CT molecular complexity index is 538. The number of aromatic nitrogens is 1. The fourth-order valence-electron chi connectivity index (χ4n) is 3.88. The summed E-state index contributed by atoms with van der Waals surface area (Å²) in [5.74, 6) is 0.317. The summed E-state index contributed by atoms with van der Waals surface area (Å²) < 4.78 is 0. The first-order valence-electron chi connectivity index (χ1n) is 6.73. The van der Waals surface area contributed by atoms with Crippen LogP contribution in [0.5, 0.6) is 0 Å². The minimum atomic E-state index is -0.832. The molecule has 100 valence electrons. The summed E-state index contributed by atoms with van der Waals surface area (Å²) >= 11 is 0. The van der Waals surface area contributed by atoms with Crippen LogP contribution < -0.4 is 5.32 Å². The summed E-state index contributed by atoms with van der Waals surface area (Å²) in [5, 5.41) is 2.89. The Morgan fingerprint density at radius 3 is 2.58 bits per heavy atom. The van der Waals surface area contributed by atoms with Crippen molar-refractivity contribution in [3.63, 3.8) is 0 Å². The first-order valence-corrected chi connectivity index (χ1v) is 6.73. The molecule has 2 unspecified atom stereocenters. The molecule has 1 N–H and O–H groups in total. The number of anilines is 1. The molecule has 0 aliphatic heterocycles. The van der Waals surface area contributed by atoms with Gasteiger partial charge in [0.15, 0.2) is 0 Å². The first-order chi connectivity index (χ1) is 8.98. The second-order valence-electron chi connectivity index (χ2n) is 6.18. The van der Waals surface area contributed by atoms with Crippen LogP contribution in [-0.4, -0.2) is 16.7 Å². The van der Waals surface area contributed by atoms with Crippen molar-refractivity contribution < 1.29 is 9.59 Å². The fraction of sp³-hybridized carbons (Fsp3) is 0.533. The maximum atomic E-state index is 12.7. The third-order valence-corrected chi connectivity index (χ3v) is 5.22. The van der Waals surface area contributed by atoms with Gasteiger partial charge in [0.25, 0.3) is 0 Å². The largest absolute Gasteiger partial charge is 0.325 e. The van der Waals surface area contributed by atoms with E-state index in [0.717, 1.165) is 6.42 Å². The number of rotatable bonds is 2. The number of fused-ring (bicyclic) bond motifs is 2. The Kier molecular flexibility index (Phi) is 2.52. The maximum absolute atomic E-state index is 12.7. The van der Waals surface area contributed by atoms with Gasteiger partial charge in [-0.25, -0.2) is 0 Å². The van der Waals surface area contributed by atoms with E-state index in [2.05, 4.69) is 24.1 Å². The summed E-state index contributed by atoms with van der Waals surface area (Å²) in [5.41, 5.74) is -0.365. The number of nitrogens with one attached hydrogen (secondary N) is 1. The van der Waals surface area contributed by atoms with Gasteiger partial charge in [0.2, 0.25) is 5.91 Å². The Morgan fingerprint density at radius 2 is 2.05 bits per heavy atom. The van der Waals surface area contributed by atoms with Crippen molar-refractivity contribution in [2.45, 2.75) is 33.1 Å². The zero-order valence-corrected chi connectivity index (χ0v) is 11.3. The molecular weight excluding hydrogens is 240 g/mol. The van der Waals surface area contributed by atoms with Gasteiger partial charge >= 0.3 is 0 Å². The lowest BCUT2D eigenvalue weighted by atomic mass is 9.68. The van der Waals surface area contributed by atoms with Gasteiger partial charge in [-0.05, 0) is 36.3 Å². The zero-order valence-electron chi connectivity index (χ0n) is 11.3. The lowest BCUT2D eigenvalue weighted by Gasteiger charge is -2.34. The molecule has 19 heavy (non-hydrogen) atoms. The van der Waals surface area contributed by atoms with Crippen molar-refractivity contribution in [1.29, 1.82) is 0 Å². The van der Waals surface area contributed by atoms with Gasteiger partial charge in [-0.3, -0.25) is 14.6 Å². The van der Waals surface area contributed by atoms with E-state index < -0.39 is 5.41 Å². The van der Waals surface area contributed by atoms with Gasteiger partial charge in [-0.1, -0.05) is 13.8 Å². The number of carbonyl (C=O) groups is 2. The van der Waals surface area contributed by atoms with Crippen molar-refractivity contribution in [3.05, 3.63) is 24.5 Å². The Morgan fingerprint density at radius 1 is 1.37 bits per heavy atom. The Hall–Kier alpha value is -1.71. The average Bonchev–Trinajstić information content (AvgIpc) is 2.74. The zero-order chi connectivity index (χ0) is 13.7. The molecule has 4 heteroatoms. The monoisotopic (exact) mass is 258 g/mol. The molecule has 2 aliphatic rings. The molecule has 0 saturated heterocycles. The topological polar surface area (TPSA) is 59.1 Å². The van der Waals surface area contributed by atoms with E-state index in [9.17, 15) is 9.59 Å². The van der Waals surface area contributed by atoms with Crippen LogP contribution >= 0.6 is 0 Å². The van der Waals surface area contributed by atoms with E-state index in [1.807, 2.05) is 0 Å². The number of nitrogens with zero attached hydrogens (tertiary/aromatic N) is 1. The Balaban J connectivity index is 1.92. The number of hydrogen-bond donors (Lipinski definition) is 1. The third-order valence-electron chi connectivity index (χ3n) is 5.22. The maximum Gasteiger partial charge on any atom is 0.238 e. The summed E-state index contributed by atoms with van der Waals surface area (Å²) in [7, 11) is 0. The van der Waals surface area contributed by atoms with Crippen LogP contribution in [0, 0.1) is 16.7 Å². The van der Waals surface area contributed by atoms with E-state index in [0.29, 0.717) is 24.4 Å². The number of hydrogen-bond acceptors (Lipinski definition) is 3. The Labute approximate surface area is 112 Å². The van der Waals surface area contributed by atoms with Gasteiger partial charge in [-0.2, -0.15) is 0 Å². The molecular formula is C15H18N2O2. The average molecular weight is 258 g/mol. The molecule has 3 rings (SSSR count).